The molecule has 1 amide bonds. The predicted octanol–water partition coefficient (Wildman–Crippen LogP) is 2.19. The van der Waals surface area contributed by atoms with Crippen molar-refractivity contribution in [3.63, 3.8) is 0 Å². The van der Waals surface area contributed by atoms with Gasteiger partial charge in [0.05, 0.1) is 12.3 Å². The summed E-state index contributed by atoms with van der Waals surface area (Å²) >= 11 is 0. The number of anilines is 1. The van der Waals surface area contributed by atoms with Gasteiger partial charge in [-0.3, -0.25) is 4.79 Å². The zero-order chi connectivity index (χ0) is 13.8. The molecule has 0 aromatic heterocycles. The second kappa shape index (κ2) is 6.27. The molecule has 0 saturated carbocycles. The van der Waals surface area contributed by atoms with Gasteiger partial charge in [0.15, 0.2) is 0 Å². The van der Waals surface area contributed by atoms with Gasteiger partial charge in [0, 0.05) is 13.0 Å². The predicted molar refractivity (Wildman–Crippen MR) is 79.1 cm³/mol. The third-order valence-corrected chi connectivity index (χ3v) is 4.16. The summed E-state index contributed by atoms with van der Waals surface area (Å²) < 4.78 is 5.71. The van der Waals surface area contributed by atoms with Crippen LogP contribution in [0.15, 0.2) is 24.3 Å². The third-order valence-electron chi connectivity index (χ3n) is 4.16. The van der Waals surface area contributed by atoms with Gasteiger partial charge >= 0.3 is 0 Å². The fourth-order valence-corrected chi connectivity index (χ4v) is 3.03. The van der Waals surface area contributed by atoms with Crippen molar-refractivity contribution in [2.75, 3.05) is 31.1 Å². The number of para-hydroxylation sites is 2. The Morgan fingerprint density at radius 3 is 2.95 bits per heavy atom. The van der Waals surface area contributed by atoms with E-state index in [0.717, 1.165) is 50.3 Å². The Morgan fingerprint density at radius 2 is 2.10 bits per heavy atom. The molecule has 2 aliphatic heterocycles. The summed E-state index contributed by atoms with van der Waals surface area (Å²) in [7, 11) is 0. The minimum Gasteiger partial charge on any atom is -0.491 e. The van der Waals surface area contributed by atoms with E-state index in [1.807, 2.05) is 29.2 Å². The fourth-order valence-electron chi connectivity index (χ4n) is 3.03. The first-order valence-electron chi connectivity index (χ1n) is 7.57. The fraction of sp³-hybridized carbons (Fsp3) is 0.562. The van der Waals surface area contributed by atoms with Crippen LogP contribution in [-0.2, 0) is 4.79 Å². The van der Waals surface area contributed by atoms with Gasteiger partial charge in [0.1, 0.15) is 5.75 Å². The summed E-state index contributed by atoms with van der Waals surface area (Å²) in [4.78, 5) is 14.6. The van der Waals surface area contributed by atoms with E-state index in [4.69, 9.17) is 4.74 Å². The maximum Gasteiger partial charge on any atom is 0.227 e. The van der Waals surface area contributed by atoms with Crippen molar-refractivity contribution in [3.05, 3.63) is 24.3 Å². The lowest BCUT2D eigenvalue weighted by atomic mass is 9.94. The molecule has 0 atom stereocenters. The van der Waals surface area contributed by atoms with Crippen molar-refractivity contribution in [1.82, 2.24) is 5.32 Å². The highest BCUT2D eigenvalue weighted by molar-refractivity contribution is 5.95. The van der Waals surface area contributed by atoms with Crippen LogP contribution in [0.3, 0.4) is 0 Å². The molecule has 0 unspecified atom stereocenters. The minimum absolute atomic E-state index is 0.245. The van der Waals surface area contributed by atoms with Crippen molar-refractivity contribution in [2.24, 2.45) is 5.92 Å². The first-order chi connectivity index (χ1) is 9.84. The molecule has 0 spiro atoms. The Labute approximate surface area is 120 Å². The second-order valence-electron chi connectivity index (χ2n) is 5.61. The number of hydrogen-bond donors (Lipinski definition) is 1. The molecule has 1 aromatic rings. The monoisotopic (exact) mass is 274 g/mol. The Hall–Kier alpha value is -1.55. The lowest BCUT2D eigenvalue weighted by Crippen LogP contribution is -2.35. The molecular formula is C16H22N2O2. The summed E-state index contributed by atoms with van der Waals surface area (Å²) in [6.45, 7) is 3.53. The standard InChI is InChI=1S/C16H22N2O2/c19-16(12-13-6-8-17-9-7-13)18-10-3-11-20-15-5-2-1-4-14(15)18/h1-2,4-5,13,17H,3,6-12H2. The topological polar surface area (TPSA) is 41.6 Å². The number of nitrogens with one attached hydrogen (secondary N) is 1. The largest absolute Gasteiger partial charge is 0.491 e. The molecule has 2 aliphatic rings. The molecule has 0 bridgehead atoms. The maximum absolute atomic E-state index is 12.6. The maximum atomic E-state index is 12.6. The van der Waals surface area contributed by atoms with Crippen LogP contribution < -0.4 is 15.0 Å². The number of carbonyl (C=O) groups is 1. The van der Waals surface area contributed by atoms with E-state index in [-0.39, 0.29) is 5.91 Å². The molecule has 1 N–H and O–H groups in total. The summed E-state index contributed by atoms with van der Waals surface area (Å²) in [5.74, 6) is 1.61. The van der Waals surface area contributed by atoms with E-state index in [1.165, 1.54) is 0 Å². The van der Waals surface area contributed by atoms with Gasteiger partial charge in [0.2, 0.25) is 5.91 Å². The average molecular weight is 274 g/mol. The Balaban J connectivity index is 1.73. The number of carbonyl (C=O) groups excluding carboxylic acids is 1. The van der Waals surface area contributed by atoms with Crippen LogP contribution in [0.25, 0.3) is 0 Å². The normalized spacial score (nSPS) is 19.9. The Kier molecular flexibility index (Phi) is 4.21. The van der Waals surface area contributed by atoms with Crippen LogP contribution in [0.4, 0.5) is 5.69 Å². The molecule has 20 heavy (non-hydrogen) atoms. The van der Waals surface area contributed by atoms with Crippen molar-refractivity contribution >= 4 is 11.6 Å². The first-order valence-corrected chi connectivity index (χ1v) is 7.57. The molecule has 0 aliphatic carbocycles. The highest BCUT2D eigenvalue weighted by Gasteiger charge is 2.25. The smallest absolute Gasteiger partial charge is 0.227 e. The summed E-state index contributed by atoms with van der Waals surface area (Å²) in [6, 6.07) is 7.87. The van der Waals surface area contributed by atoms with E-state index in [9.17, 15) is 4.79 Å². The van der Waals surface area contributed by atoms with Gasteiger partial charge in [-0.1, -0.05) is 12.1 Å². The van der Waals surface area contributed by atoms with Crippen molar-refractivity contribution in [1.29, 1.82) is 0 Å². The third kappa shape index (κ3) is 2.96. The molecule has 3 rings (SSSR count). The summed E-state index contributed by atoms with van der Waals surface area (Å²) in [6.07, 6.45) is 3.78. The van der Waals surface area contributed by atoms with Crippen molar-refractivity contribution in [2.45, 2.75) is 25.7 Å². The minimum atomic E-state index is 0.245. The summed E-state index contributed by atoms with van der Waals surface area (Å²) in [5, 5.41) is 3.35. The van der Waals surface area contributed by atoms with Gasteiger partial charge in [0.25, 0.3) is 0 Å². The van der Waals surface area contributed by atoms with Crippen molar-refractivity contribution in [3.8, 4) is 5.75 Å². The lowest BCUT2D eigenvalue weighted by molar-refractivity contribution is -0.119. The number of rotatable bonds is 2. The Morgan fingerprint density at radius 1 is 1.30 bits per heavy atom. The van der Waals surface area contributed by atoms with Gasteiger partial charge < -0.3 is 15.0 Å². The second-order valence-corrected chi connectivity index (χ2v) is 5.61. The lowest BCUT2D eigenvalue weighted by Gasteiger charge is -2.26. The molecule has 2 heterocycles. The van der Waals surface area contributed by atoms with E-state index in [0.29, 0.717) is 18.9 Å². The van der Waals surface area contributed by atoms with Crippen LogP contribution in [0.1, 0.15) is 25.7 Å². The highest BCUT2D eigenvalue weighted by Crippen LogP contribution is 2.31. The molecular weight excluding hydrogens is 252 g/mol. The van der Waals surface area contributed by atoms with E-state index >= 15 is 0 Å². The van der Waals surface area contributed by atoms with E-state index < -0.39 is 0 Å². The Bertz CT molecular complexity index is 469. The van der Waals surface area contributed by atoms with E-state index in [2.05, 4.69) is 5.32 Å². The van der Waals surface area contributed by atoms with E-state index in [1.54, 1.807) is 0 Å². The van der Waals surface area contributed by atoms with Crippen LogP contribution in [0.2, 0.25) is 0 Å². The molecule has 0 radical (unpaired) electrons. The summed E-state index contributed by atoms with van der Waals surface area (Å²) in [5.41, 5.74) is 0.934. The molecule has 4 heteroatoms. The molecule has 4 nitrogen and oxygen atoms in total. The van der Waals surface area contributed by atoms with Crippen LogP contribution in [0, 0.1) is 5.92 Å². The van der Waals surface area contributed by atoms with Gasteiger partial charge in [-0.05, 0) is 50.4 Å². The van der Waals surface area contributed by atoms with Crippen LogP contribution >= 0.6 is 0 Å². The molecule has 108 valence electrons. The number of ether oxygens (including phenoxy) is 1. The number of fused-ring (bicyclic) bond motifs is 1. The average Bonchev–Trinajstić information content (AvgIpc) is 2.70. The SMILES string of the molecule is O=C(CC1CCNCC1)N1CCCOc2ccccc21. The number of nitrogens with zero attached hydrogens (tertiary/aromatic N) is 1. The van der Waals surface area contributed by atoms with Crippen LogP contribution in [-0.4, -0.2) is 32.1 Å². The van der Waals surface area contributed by atoms with Gasteiger partial charge in [-0.25, -0.2) is 0 Å². The number of hydrogen-bond acceptors (Lipinski definition) is 3. The van der Waals surface area contributed by atoms with Crippen LogP contribution in [0.5, 0.6) is 5.75 Å². The van der Waals surface area contributed by atoms with Gasteiger partial charge in [-0.2, -0.15) is 0 Å². The molecule has 1 saturated heterocycles. The zero-order valence-corrected chi connectivity index (χ0v) is 11.8. The van der Waals surface area contributed by atoms with Crippen molar-refractivity contribution < 1.29 is 9.53 Å². The number of benzene rings is 1. The highest BCUT2D eigenvalue weighted by atomic mass is 16.5. The zero-order valence-electron chi connectivity index (χ0n) is 11.8. The molecule has 1 aromatic carbocycles. The number of piperidine rings is 1. The first kappa shape index (κ1) is 13.4. The quantitative estimate of drug-likeness (QED) is 0.899. The van der Waals surface area contributed by atoms with Gasteiger partial charge in [-0.15, -0.1) is 0 Å². The number of amides is 1. The molecule has 1 fully saturated rings.